The molecule has 4 rings (SSSR count). The van der Waals surface area contributed by atoms with E-state index >= 15 is 0 Å². The summed E-state index contributed by atoms with van der Waals surface area (Å²) in [5.41, 5.74) is 2.38. The Morgan fingerprint density at radius 3 is 2.42 bits per heavy atom. The Morgan fingerprint density at radius 2 is 1.64 bits per heavy atom. The van der Waals surface area contributed by atoms with Crippen LogP contribution in [0.3, 0.4) is 0 Å². The SMILES string of the molecule is CCCCCCCCCC(=O)OC[N+]1(C)CC2c3ccccc3Oc3ccc(Cl)cc3C2C1. The standard InChI is InChI=1S/C28H37ClNO3/c1-3-4-5-6-7-8-9-14-28(31)32-20-30(2)18-24-22-12-10-11-13-26(22)33-27-16-15-21(29)17-23(27)25(24)19-30/h10-13,15-17,24-25H,3-9,14,18-20H2,1-2H3/q+1. The molecule has 1 fully saturated rings. The molecule has 2 heterocycles. The first kappa shape index (κ1) is 24.1. The highest BCUT2D eigenvalue weighted by molar-refractivity contribution is 6.30. The van der Waals surface area contributed by atoms with Gasteiger partial charge in [0.25, 0.3) is 0 Å². The predicted molar refractivity (Wildman–Crippen MR) is 133 cm³/mol. The molecule has 2 aliphatic rings. The van der Waals surface area contributed by atoms with Crippen molar-refractivity contribution in [1.82, 2.24) is 0 Å². The van der Waals surface area contributed by atoms with Crippen LogP contribution in [0.15, 0.2) is 42.5 Å². The third-order valence-electron chi connectivity index (χ3n) is 7.19. The van der Waals surface area contributed by atoms with E-state index in [-0.39, 0.29) is 11.9 Å². The predicted octanol–water partition coefficient (Wildman–Crippen LogP) is 7.41. The molecular formula is C28H37ClNO3+. The topological polar surface area (TPSA) is 35.5 Å². The van der Waals surface area contributed by atoms with Gasteiger partial charge in [-0.15, -0.1) is 0 Å². The lowest BCUT2D eigenvalue weighted by Gasteiger charge is -2.29. The number of nitrogens with zero attached hydrogens (tertiary/aromatic N) is 1. The maximum Gasteiger partial charge on any atom is 0.310 e. The lowest BCUT2D eigenvalue weighted by molar-refractivity contribution is -0.915. The average Bonchev–Trinajstić information content (AvgIpc) is 3.10. The van der Waals surface area contributed by atoms with Crippen LogP contribution in [0, 0.1) is 0 Å². The summed E-state index contributed by atoms with van der Waals surface area (Å²) in [4.78, 5) is 12.4. The van der Waals surface area contributed by atoms with Crippen LogP contribution < -0.4 is 4.74 Å². The van der Waals surface area contributed by atoms with Crippen LogP contribution in [0.5, 0.6) is 11.5 Å². The van der Waals surface area contributed by atoms with Crippen molar-refractivity contribution >= 4 is 17.6 Å². The first-order chi connectivity index (χ1) is 16.0. The molecule has 0 saturated carbocycles. The number of unbranched alkanes of at least 4 members (excludes halogenated alkanes) is 6. The highest BCUT2D eigenvalue weighted by atomic mass is 35.5. The maximum atomic E-state index is 12.4. The summed E-state index contributed by atoms with van der Waals surface area (Å²) in [6.45, 7) is 4.44. The number of rotatable bonds is 10. The normalized spacial score (nSPS) is 23.1. The van der Waals surface area contributed by atoms with Crippen LogP contribution in [0.4, 0.5) is 0 Å². The van der Waals surface area contributed by atoms with E-state index in [2.05, 4.69) is 26.1 Å². The van der Waals surface area contributed by atoms with Gasteiger partial charge in [-0.1, -0.05) is 75.2 Å². The first-order valence-corrected chi connectivity index (χ1v) is 12.9. The number of carbonyl (C=O) groups excluding carboxylic acids is 1. The molecule has 0 bridgehead atoms. The van der Waals surface area contributed by atoms with Gasteiger partial charge in [0, 0.05) is 34.4 Å². The molecule has 33 heavy (non-hydrogen) atoms. The highest BCUT2D eigenvalue weighted by Crippen LogP contribution is 2.51. The summed E-state index contributed by atoms with van der Waals surface area (Å²) in [6.07, 6.45) is 8.94. The smallest absolute Gasteiger partial charge is 0.310 e. The van der Waals surface area contributed by atoms with Gasteiger partial charge in [0.05, 0.1) is 20.1 Å². The van der Waals surface area contributed by atoms with Gasteiger partial charge < -0.3 is 9.47 Å². The summed E-state index contributed by atoms with van der Waals surface area (Å²) in [5.74, 6) is 2.30. The Balaban J connectivity index is 1.38. The second-order valence-corrected chi connectivity index (χ2v) is 10.5. The number of likely N-dealkylation sites (N-methyl/N-ethyl adjacent to an activating group) is 1. The molecule has 1 saturated heterocycles. The van der Waals surface area contributed by atoms with Crippen molar-refractivity contribution in [3.63, 3.8) is 0 Å². The molecule has 3 unspecified atom stereocenters. The van der Waals surface area contributed by atoms with Crippen LogP contribution >= 0.6 is 11.6 Å². The number of likely N-dealkylation sites (tertiary alicyclic amines) is 1. The van der Waals surface area contributed by atoms with E-state index in [0.29, 0.717) is 23.6 Å². The number of esters is 1. The molecule has 3 atom stereocenters. The molecule has 2 aliphatic heterocycles. The van der Waals surface area contributed by atoms with Gasteiger partial charge in [-0.05, 0) is 30.7 Å². The number of ether oxygens (including phenoxy) is 2. The summed E-state index contributed by atoms with van der Waals surface area (Å²) < 4.78 is 12.8. The number of quaternary nitrogens is 1. The van der Waals surface area contributed by atoms with Crippen molar-refractivity contribution in [2.75, 3.05) is 26.9 Å². The number of fused-ring (bicyclic) bond motifs is 5. The van der Waals surface area contributed by atoms with Crippen molar-refractivity contribution in [2.24, 2.45) is 0 Å². The van der Waals surface area contributed by atoms with E-state index in [1.54, 1.807) is 0 Å². The summed E-state index contributed by atoms with van der Waals surface area (Å²) in [5, 5.41) is 0.726. The zero-order chi connectivity index (χ0) is 23.3. The molecule has 178 valence electrons. The van der Waals surface area contributed by atoms with E-state index in [1.807, 2.05) is 30.3 Å². The second kappa shape index (κ2) is 10.9. The molecule has 0 aromatic heterocycles. The molecule has 0 radical (unpaired) electrons. The van der Waals surface area contributed by atoms with E-state index < -0.39 is 0 Å². The largest absolute Gasteiger partial charge is 0.457 e. The van der Waals surface area contributed by atoms with E-state index in [1.165, 1.54) is 37.7 Å². The van der Waals surface area contributed by atoms with Crippen LogP contribution in [0.1, 0.15) is 81.3 Å². The summed E-state index contributed by atoms with van der Waals surface area (Å²) >= 11 is 6.37. The summed E-state index contributed by atoms with van der Waals surface area (Å²) in [7, 11) is 2.20. The number of carbonyl (C=O) groups is 1. The number of hydrogen-bond acceptors (Lipinski definition) is 3. The van der Waals surface area contributed by atoms with E-state index in [9.17, 15) is 4.79 Å². The third-order valence-corrected chi connectivity index (χ3v) is 7.43. The Morgan fingerprint density at radius 1 is 0.970 bits per heavy atom. The van der Waals surface area contributed by atoms with Gasteiger partial charge in [-0.25, -0.2) is 0 Å². The van der Waals surface area contributed by atoms with Crippen molar-refractivity contribution in [1.29, 1.82) is 0 Å². The average molecular weight is 471 g/mol. The van der Waals surface area contributed by atoms with Crippen molar-refractivity contribution in [2.45, 2.75) is 70.1 Å². The van der Waals surface area contributed by atoms with Gasteiger partial charge in [-0.2, -0.15) is 0 Å². The van der Waals surface area contributed by atoms with Crippen molar-refractivity contribution in [3.05, 3.63) is 58.6 Å². The second-order valence-electron chi connectivity index (χ2n) is 10.0. The molecule has 0 aliphatic carbocycles. The van der Waals surface area contributed by atoms with Crippen molar-refractivity contribution < 1.29 is 18.8 Å². The van der Waals surface area contributed by atoms with Crippen LogP contribution in [-0.2, 0) is 9.53 Å². The Kier molecular flexibility index (Phi) is 7.98. The first-order valence-electron chi connectivity index (χ1n) is 12.5. The van der Waals surface area contributed by atoms with Crippen LogP contribution in [0.25, 0.3) is 0 Å². The Bertz CT molecular complexity index is 962. The fourth-order valence-electron chi connectivity index (χ4n) is 5.44. The number of halogens is 1. The third kappa shape index (κ3) is 5.91. The zero-order valence-corrected chi connectivity index (χ0v) is 20.8. The lowest BCUT2D eigenvalue weighted by Crippen LogP contribution is -2.44. The minimum absolute atomic E-state index is 0.0674. The number of para-hydroxylation sites is 1. The molecule has 5 heteroatoms. The molecule has 0 spiro atoms. The quantitative estimate of drug-likeness (QED) is 0.206. The zero-order valence-electron chi connectivity index (χ0n) is 20.0. The van der Waals surface area contributed by atoms with E-state index in [4.69, 9.17) is 21.1 Å². The summed E-state index contributed by atoms with van der Waals surface area (Å²) in [6, 6.07) is 14.2. The van der Waals surface area contributed by atoms with Gasteiger partial charge in [0.2, 0.25) is 6.73 Å². The Labute approximate surface area is 203 Å². The lowest BCUT2D eigenvalue weighted by atomic mass is 9.84. The van der Waals surface area contributed by atoms with Crippen LogP contribution in [0.2, 0.25) is 5.02 Å². The molecular weight excluding hydrogens is 434 g/mol. The molecule has 2 aromatic rings. The molecule has 0 amide bonds. The Hall–Kier alpha value is -2.04. The van der Waals surface area contributed by atoms with Crippen molar-refractivity contribution in [3.8, 4) is 11.5 Å². The maximum absolute atomic E-state index is 12.4. The minimum atomic E-state index is -0.0674. The number of benzene rings is 2. The highest BCUT2D eigenvalue weighted by Gasteiger charge is 2.48. The fraction of sp³-hybridized carbons (Fsp3) is 0.536. The van der Waals surface area contributed by atoms with Gasteiger partial charge in [0.15, 0.2) is 0 Å². The fourth-order valence-corrected chi connectivity index (χ4v) is 5.62. The molecule has 2 aromatic carbocycles. The van der Waals surface area contributed by atoms with Gasteiger partial charge >= 0.3 is 5.97 Å². The number of hydrogen-bond donors (Lipinski definition) is 0. The monoisotopic (exact) mass is 470 g/mol. The van der Waals surface area contributed by atoms with E-state index in [0.717, 1.165) is 48.0 Å². The van der Waals surface area contributed by atoms with Gasteiger partial charge in [-0.3, -0.25) is 9.28 Å². The molecule has 0 N–H and O–H groups in total. The van der Waals surface area contributed by atoms with Gasteiger partial charge in [0.1, 0.15) is 11.5 Å². The minimum Gasteiger partial charge on any atom is -0.457 e. The van der Waals surface area contributed by atoms with Crippen LogP contribution in [-0.4, -0.2) is 37.3 Å². The molecule has 4 nitrogen and oxygen atoms in total.